The van der Waals surface area contributed by atoms with Crippen LogP contribution in [0.5, 0.6) is 5.75 Å². The maximum absolute atomic E-state index is 14.6. The van der Waals surface area contributed by atoms with Crippen LogP contribution in [-0.4, -0.2) is 50.2 Å². The number of benzene rings is 1. The summed E-state index contributed by atoms with van der Waals surface area (Å²) < 4.78 is 59.4. The van der Waals surface area contributed by atoms with E-state index in [4.69, 9.17) is 9.84 Å². The predicted octanol–water partition coefficient (Wildman–Crippen LogP) is 5.42. The second-order valence-corrected chi connectivity index (χ2v) is 9.83. The number of hydrogen-bond donors (Lipinski definition) is 3. The Morgan fingerprint density at radius 3 is 2.42 bits per heavy atom. The minimum absolute atomic E-state index is 0.0569. The summed E-state index contributed by atoms with van der Waals surface area (Å²) >= 11 is 0. The van der Waals surface area contributed by atoms with Crippen molar-refractivity contribution >= 4 is 23.4 Å². The van der Waals surface area contributed by atoms with Gasteiger partial charge >= 0.3 is 12.1 Å². The number of alkyl halides is 3. The molecule has 3 rings (SSSR count). The molecule has 2 heterocycles. The van der Waals surface area contributed by atoms with E-state index in [1.54, 1.807) is 6.20 Å². The molecule has 1 aliphatic rings. The molecule has 0 spiro atoms. The van der Waals surface area contributed by atoms with Crippen LogP contribution in [0.4, 0.5) is 35.0 Å². The van der Waals surface area contributed by atoms with Crippen molar-refractivity contribution in [1.82, 2.24) is 14.9 Å². The summed E-state index contributed by atoms with van der Waals surface area (Å²) in [6.07, 6.45) is 0.0268. The average molecular weight is 512 g/mol. The number of carboxylic acids is 1. The monoisotopic (exact) mass is 511 g/mol. The Morgan fingerprint density at radius 1 is 1.22 bits per heavy atom. The first-order valence-electron chi connectivity index (χ1n) is 11.1. The topological polar surface area (TPSA) is 99.6 Å². The number of halogens is 4. The van der Waals surface area contributed by atoms with Crippen LogP contribution < -0.4 is 15.4 Å². The fourth-order valence-corrected chi connectivity index (χ4v) is 4.80. The highest BCUT2D eigenvalue weighted by molar-refractivity contribution is 5.79. The predicted molar refractivity (Wildman–Crippen MR) is 127 cm³/mol. The number of methoxy groups -OCH3 is 1. The quantitative estimate of drug-likeness (QED) is 0.335. The van der Waals surface area contributed by atoms with Gasteiger partial charge in [0.1, 0.15) is 5.75 Å². The molecular formula is C24H29F4N5O3. The van der Waals surface area contributed by atoms with Crippen LogP contribution >= 0.6 is 0 Å². The summed E-state index contributed by atoms with van der Waals surface area (Å²) in [6, 6.07) is 3.19. The van der Waals surface area contributed by atoms with Crippen LogP contribution in [0.25, 0.3) is 0 Å². The van der Waals surface area contributed by atoms with Crippen molar-refractivity contribution in [2.75, 3.05) is 17.7 Å². The molecule has 0 atom stereocenters. The number of aromatic nitrogens is 2. The molecule has 0 saturated carbocycles. The van der Waals surface area contributed by atoms with Gasteiger partial charge in [0.05, 0.1) is 18.9 Å². The number of likely N-dealkylation sites (tertiary alicyclic amines) is 1. The standard InChI is InChI=1S/C24H29F4N5O3/c1-22(2)11-15(12-23(3,4)33(22)9-8-19(34)35)30-20-17(25)13-29-21(32-20)31-14-6-7-18(36-5)16(10-14)24(26,27)28/h6-10,13,15H,11-12H2,1-5H3,(H,34,35)(H2,29,30,31,32)/b9-8+. The Bertz CT molecular complexity index is 1130. The molecule has 3 N–H and O–H groups in total. The van der Waals surface area contributed by atoms with Gasteiger partial charge < -0.3 is 25.4 Å². The molecule has 0 radical (unpaired) electrons. The second kappa shape index (κ2) is 9.82. The molecule has 0 amide bonds. The van der Waals surface area contributed by atoms with Crippen LogP contribution in [0.15, 0.2) is 36.7 Å². The van der Waals surface area contributed by atoms with Crippen LogP contribution in [0.3, 0.4) is 0 Å². The average Bonchev–Trinajstić information content (AvgIpc) is 2.73. The summed E-state index contributed by atoms with van der Waals surface area (Å²) in [4.78, 5) is 21.0. The van der Waals surface area contributed by atoms with Gasteiger partial charge in [-0.05, 0) is 58.7 Å². The number of hydrogen-bond acceptors (Lipinski definition) is 7. The Kier molecular flexibility index (Phi) is 7.37. The molecule has 1 aromatic heterocycles. The maximum atomic E-state index is 14.6. The van der Waals surface area contributed by atoms with E-state index >= 15 is 0 Å². The van der Waals surface area contributed by atoms with Crippen molar-refractivity contribution in [3.8, 4) is 5.75 Å². The first-order valence-corrected chi connectivity index (χ1v) is 11.1. The Balaban J connectivity index is 1.82. The van der Waals surface area contributed by atoms with Gasteiger partial charge in [-0.2, -0.15) is 18.2 Å². The molecular weight excluding hydrogens is 482 g/mol. The minimum Gasteiger partial charge on any atom is -0.496 e. The highest BCUT2D eigenvalue weighted by Gasteiger charge is 2.44. The van der Waals surface area contributed by atoms with Crippen molar-refractivity contribution in [1.29, 1.82) is 0 Å². The van der Waals surface area contributed by atoms with Crippen molar-refractivity contribution < 1.29 is 32.2 Å². The first-order chi connectivity index (χ1) is 16.6. The lowest BCUT2D eigenvalue weighted by Gasteiger charge is -2.55. The molecule has 0 aliphatic carbocycles. The SMILES string of the molecule is COc1ccc(Nc2ncc(F)c(NC3CC(C)(C)N(/C=C/C(=O)O)C(C)(C)C3)n2)cc1C(F)(F)F. The zero-order chi connectivity index (χ0) is 26.9. The normalized spacial score (nSPS) is 17.8. The van der Waals surface area contributed by atoms with Gasteiger partial charge in [0.2, 0.25) is 5.95 Å². The lowest BCUT2D eigenvalue weighted by atomic mass is 9.77. The molecule has 2 aromatic rings. The molecule has 196 valence electrons. The van der Waals surface area contributed by atoms with Gasteiger partial charge in [-0.15, -0.1) is 0 Å². The molecule has 1 fully saturated rings. The Morgan fingerprint density at radius 2 is 1.86 bits per heavy atom. The number of nitrogens with zero attached hydrogens (tertiary/aromatic N) is 3. The van der Waals surface area contributed by atoms with E-state index in [1.165, 1.54) is 12.1 Å². The van der Waals surface area contributed by atoms with Gasteiger partial charge in [0, 0.05) is 35.1 Å². The Labute approximate surface area is 206 Å². The molecule has 12 heteroatoms. The van der Waals surface area contributed by atoms with Crippen LogP contribution in [-0.2, 0) is 11.0 Å². The van der Waals surface area contributed by atoms with E-state index < -0.39 is 34.6 Å². The molecule has 1 aromatic carbocycles. The lowest BCUT2D eigenvalue weighted by molar-refractivity contribution is -0.138. The highest BCUT2D eigenvalue weighted by Crippen LogP contribution is 2.40. The van der Waals surface area contributed by atoms with Crippen molar-refractivity contribution in [3.63, 3.8) is 0 Å². The number of rotatable bonds is 7. The van der Waals surface area contributed by atoms with Crippen LogP contribution in [0, 0.1) is 5.82 Å². The molecule has 0 bridgehead atoms. The summed E-state index contributed by atoms with van der Waals surface area (Å²) in [5.41, 5.74) is -1.84. The van der Waals surface area contributed by atoms with E-state index in [0.29, 0.717) is 12.8 Å². The summed E-state index contributed by atoms with van der Waals surface area (Å²) in [6.45, 7) is 7.83. The van der Waals surface area contributed by atoms with E-state index in [2.05, 4.69) is 20.6 Å². The highest BCUT2D eigenvalue weighted by atomic mass is 19.4. The molecule has 0 unspecified atom stereocenters. The number of ether oxygens (including phenoxy) is 1. The number of aliphatic carboxylic acids is 1. The molecule has 1 aliphatic heterocycles. The smallest absolute Gasteiger partial charge is 0.420 e. The van der Waals surface area contributed by atoms with Crippen molar-refractivity contribution in [3.05, 3.63) is 48.1 Å². The first kappa shape index (κ1) is 27.0. The molecule has 36 heavy (non-hydrogen) atoms. The Hall–Kier alpha value is -3.57. The molecule has 1 saturated heterocycles. The van der Waals surface area contributed by atoms with Crippen molar-refractivity contribution in [2.45, 2.75) is 63.8 Å². The third kappa shape index (κ3) is 6.16. The summed E-state index contributed by atoms with van der Waals surface area (Å²) in [7, 11) is 1.15. The van der Waals surface area contributed by atoms with Crippen LogP contribution in [0.1, 0.15) is 46.1 Å². The fraction of sp³-hybridized carbons (Fsp3) is 0.458. The van der Waals surface area contributed by atoms with E-state index in [1.807, 2.05) is 32.6 Å². The van der Waals surface area contributed by atoms with Gasteiger partial charge in [-0.1, -0.05) is 0 Å². The maximum Gasteiger partial charge on any atom is 0.420 e. The molecule has 8 nitrogen and oxygen atoms in total. The fourth-order valence-electron chi connectivity index (χ4n) is 4.80. The van der Waals surface area contributed by atoms with Crippen molar-refractivity contribution in [2.24, 2.45) is 0 Å². The number of carboxylic acid groups (broad SMARTS) is 1. The van der Waals surface area contributed by atoms with Gasteiger partial charge in [-0.3, -0.25) is 0 Å². The lowest BCUT2D eigenvalue weighted by Crippen LogP contribution is -2.60. The second-order valence-electron chi connectivity index (χ2n) is 9.83. The number of anilines is 3. The third-order valence-corrected chi connectivity index (χ3v) is 6.01. The zero-order valence-corrected chi connectivity index (χ0v) is 20.6. The largest absolute Gasteiger partial charge is 0.496 e. The number of carbonyl (C=O) groups is 1. The number of piperidine rings is 1. The van der Waals surface area contributed by atoms with E-state index in [0.717, 1.165) is 25.4 Å². The summed E-state index contributed by atoms with van der Waals surface area (Å²) in [5, 5.41) is 14.8. The van der Waals surface area contributed by atoms with Gasteiger partial charge in [0.15, 0.2) is 11.6 Å². The zero-order valence-electron chi connectivity index (χ0n) is 20.6. The summed E-state index contributed by atoms with van der Waals surface area (Å²) in [5.74, 6) is -2.27. The van der Waals surface area contributed by atoms with Gasteiger partial charge in [0.25, 0.3) is 0 Å². The minimum atomic E-state index is -4.63. The number of nitrogens with one attached hydrogen (secondary N) is 2. The van der Waals surface area contributed by atoms with E-state index in [9.17, 15) is 22.4 Å². The van der Waals surface area contributed by atoms with E-state index in [-0.39, 0.29) is 29.2 Å². The van der Waals surface area contributed by atoms with Crippen LogP contribution in [0.2, 0.25) is 0 Å². The third-order valence-electron chi connectivity index (χ3n) is 6.01. The van der Waals surface area contributed by atoms with Gasteiger partial charge in [-0.25, -0.2) is 14.2 Å².